The first kappa shape index (κ1) is 9.64. The maximum atomic E-state index is 5.38. The average Bonchev–Trinajstić information content (AvgIpc) is 2.57. The summed E-state index contributed by atoms with van der Waals surface area (Å²) in [7, 11) is 0. The van der Waals surface area contributed by atoms with Crippen molar-refractivity contribution < 1.29 is 4.42 Å². The van der Waals surface area contributed by atoms with Gasteiger partial charge >= 0.3 is 0 Å². The summed E-state index contributed by atoms with van der Waals surface area (Å²) in [6, 6.07) is 6.04. The van der Waals surface area contributed by atoms with Crippen LogP contribution in [0, 0.1) is 17.4 Å². The van der Waals surface area contributed by atoms with Crippen molar-refractivity contribution in [3.63, 3.8) is 0 Å². The van der Waals surface area contributed by atoms with Gasteiger partial charge in [-0.05, 0) is 47.2 Å². The van der Waals surface area contributed by atoms with E-state index in [1.165, 1.54) is 9.13 Å². The van der Waals surface area contributed by atoms with Crippen LogP contribution in [0.5, 0.6) is 0 Å². The molecule has 0 unspecified atom stereocenters. The highest BCUT2D eigenvalue weighted by Gasteiger charge is 2.09. The van der Waals surface area contributed by atoms with Crippen LogP contribution in [0.1, 0.15) is 11.5 Å². The molecule has 1 aromatic carbocycles. The second-order valence-electron chi connectivity index (χ2n) is 3.04. The largest absolute Gasteiger partial charge is 0.421 e. The van der Waals surface area contributed by atoms with Gasteiger partial charge in [-0.1, -0.05) is 6.07 Å². The SMILES string of the molecule is Cc1nnc(-c2cccc(I)c2C)o1. The molecule has 0 saturated heterocycles. The zero-order valence-electron chi connectivity index (χ0n) is 7.91. The molecule has 0 aliphatic heterocycles. The van der Waals surface area contributed by atoms with Gasteiger partial charge in [0.2, 0.25) is 11.8 Å². The molecule has 0 radical (unpaired) electrons. The number of benzene rings is 1. The van der Waals surface area contributed by atoms with Crippen molar-refractivity contribution in [1.29, 1.82) is 0 Å². The van der Waals surface area contributed by atoms with E-state index in [-0.39, 0.29) is 0 Å². The van der Waals surface area contributed by atoms with Crippen molar-refractivity contribution in [3.05, 3.63) is 33.2 Å². The van der Waals surface area contributed by atoms with Crippen LogP contribution in [0.15, 0.2) is 22.6 Å². The summed E-state index contributed by atoms with van der Waals surface area (Å²) in [4.78, 5) is 0. The van der Waals surface area contributed by atoms with Gasteiger partial charge in [0.25, 0.3) is 0 Å². The Morgan fingerprint density at radius 2 is 2.00 bits per heavy atom. The molecule has 0 saturated carbocycles. The molecule has 1 heterocycles. The van der Waals surface area contributed by atoms with Crippen LogP contribution in [0.25, 0.3) is 11.5 Å². The number of rotatable bonds is 1. The summed E-state index contributed by atoms with van der Waals surface area (Å²) in [5.41, 5.74) is 2.19. The van der Waals surface area contributed by atoms with E-state index in [1.54, 1.807) is 6.92 Å². The highest BCUT2D eigenvalue weighted by molar-refractivity contribution is 14.1. The van der Waals surface area contributed by atoms with Crippen LogP contribution in [-0.2, 0) is 0 Å². The summed E-state index contributed by atoms with van der Waals surface area (Å²) in [6.07, 6.45) is 0. The first-order chi connectivity index (χ1) is 6.68. The van der Waals surface area contributed by atoms with Crippen LogP contribution < -0.4 is 0 Å². The highest BCUT2D eigenvalue weighted by atomic mass is 127. The standard InChI is InChI=1S/C10H9IN2O/c1-6-8(4-3-5-9(6)11)10-13-12-7(2)14-10/h3-5H,1-2H3. The smallest absolute Gasteiger partial charge is 0.248 e. The quantitative estimate of drug-likeness (QED) is 0.760. The third-order valence-corrected chi connectivity index (χ3v) is 3.19. The molecule has 0 aliphatic carbocycles. The maximum Gasteiger partial charge on any atom is 0.248 e. The van der Waals surface area contributed by atoms with Gasteiger partial charge in [-0.3, -0.25) is 0 Å². The lowest BCUT2D eigenvalue weighted by molar-refractivity contribution is 0.532. The Bertz CT molecular complexity index is 465. The lowest BCUT2D eigenvalue weighted by Gasteiger charge is -2.02. The Morgan fingerprint density at radius 3 is 2.64 bits per heavy atom. The van der Waals surface area contributed by atoms with Gasteiger partial charge in [-0.2, -0.15) is 0 Å². The van der Waals surface area contributed by atoms with Crippen molar-refractivity contribution in [2.75, 3.05) is 0 Å². The van der Waals surface area contributed by atoms with Gasteiger partial charge in [0, 0.05) is 16.1 Å². The molecule has 0 atom stereocenters. The molecular weight excluding hydrogens is 291 g/mol. The van der Waals surface area contributed by atoms with Gasteiger partial charge in [-0.15, -0.1) is 10.2 Å². The fourth-order valence-electron chi connectivity index (χ4n) is 1.24. The Labute approximate surface area is 95.7 Å². The molecule has 4 heteroatoms. The minimum absolute atomic E-state index is 0.596. The maximum absolute atomic E-state index is 5.38. The number of hydrogen-bond acceptors (Lipinski definition) is 3. The lowest BCUT2D eigenvalue weighted by Crippen LogP contribution is -1.86. The molecule has 2 aromatic rings. The van der Waals surface area contributed by atoms with E-state index in [0.29, 0.717) is 11.8 Å². The molecule has 0 aliphatic rings. The van der Waals surface area contributed by atoms with Crippen molar-refractivity contribution in [2.45, 2.75) is 13.8 Å². The van der Waals surface area contributed by atoms with Gasteiger partial charge < -0.3 is 4.42 Å². The van der Waals surface area contributed by atoms with Crippen molar-refractivity contribution in [3.8, 4) is 11.5 Å². The molecule has 0 amide bonds. The topological polar surface area (TPSA) is 38.9 Å². The second kappa shape index (κ2) is 3.68. The van der Waals surface area contributed by atoms with Gasteiger partial charge in [0.05, 0.1) is 0 Å². The predicted octanol–water partition coefficient (Wildman–Crippen LogP) is 2.96. The van der Waals surface area contributed by atoms with Crippen molar-refractivity contribution in [2.24, 2.45) is 0 Å². The first-order valence-corrected chi connectivity index (χ1v) is 5.32. The summed E-state index contributed by atoms with van der Waals surface area (Å²) in [5, 5.41) is 7.81. The van der Waals surface area contributed by atoms with Gasteiger partial charge in [-0.25, -0.2) is 0 Å². The summed E-state index contributed by atoms with van der Waals surface area (Å²) >= 11 is 2.29. The van der Waals surface area contributed by atoms with Crippen molar-refractivity contribution >= 4 is 22.6 Å². The van der Waals surface area contributed by atoms with Crippen LogP contribution in [0.4, 0.5) is 0 Å². The zero-order chi connectivity index (χ0) is 10.1. The molecule has 14 heavy (non-hydrogen) atoms. The van der Waals surface area contributed by atoms with Crippen LogP contribution in [0.2, 0.25) is 0 Å². The van der Waals surface area contributed by atoms with Gasteiger partial charge in [0.15, 0.2) is 0 Å². The Balaban J connectivity index is 2.57. The molecule has 2 rings (SSSR count). The molecule has 0 fully saturated rings. The molecule has 72 valence electrons. The fraction of sp³-hybridized carbons (Fsp3) is 0.200. The lowest BCUT2D eigenvalue weighted by atomic mass is 10.1. The van der Waals surface area contributed by atoms with E-state index < -0.39 is 0 Å². The first-order valence-electron chi connectivity index (χ1n) is 4.24. The predicted molar refractivity (Wildman–Crippen MR) is 61.9 cm³/mol. The Hall–Kier alpha value is -0.910. The third kappa shape index (κ3) is 1.66. The minimum atomic E-state index is 0.596. The number of aryl methyl sites for hydroxylation is 1. The zero-order valence-corrected chi connectivity index (χ0v) is 10.1. The van der Waals surface area contributed by atoms with E-state index >= 15 is 0 Å². The van der Waals surface area contributed by atoms with E-state index in [4.69, 9.17) is 4.42 Å². The summed E-state index contributed by atoms with van der Waals surface area (Å²) < 4.78 is 6.58. The molecule has 0 bridgehead atoms. The van der Waals surface area contributed by atoms with E-state index in [0.717, 1.165) is 5.56 Å². The molecular formula is C10H9IN2O. The number of aromatic nitrogens is 2. The minimum Gasteiger partial charge on any atom is -0.421 e. The molecule has 0 spiro atoms. The normalized spacial score (nSPS) is 10.5. The number of nitrogens with zero attached hydrogens (tertiary/aromatic N) is 2. The Kier molecular flexibility index (Phi) is 2.54. The van der Waals surface area contributed by atoms with Crippen LogP contribution in [-0.4, -0.2) is 10.2 Å². The third-order valence-electron chi connectivity index (χ3n) is 2.02. The van der Waals surface area contributed by atoms with Gasteiger partial charge in [0.1, 0.15) is 0 Å². The molecule has 1 aromatic heterocycles. The van der Waals surface area contributed by atoms with E-state index in [2.05, 4.69) is 45.8 Å². The highest BCUT2D eigenvalue weighted by Crippen LogP contribution is 2.25. The summed E-state index contributed by atoms with van der Waals surface area (Å²) in [6.45, 7) is 3.84. The van der Waals surface area contributed by atoms with Crippen molar-refractivity contribution in [1.82, 2.24) is 10.2 Å². The van der Waals surface area contributed by atoms with Crippen LogP contribution >= 0.6 is 22.6 Å². The number of hydrogen-bond donors (Lipinski definition) is 0. The number of halogens is 1. The summed E-state index contributed by atoms with van der Waals surface area (Å²) in [5.74, 6) is 1.19. The average molecular weight is 300 g/mol. The van der Waals surface area contributed by atoms with Crippen LogP contribution in [0.3, 0.4) is 0 Å². The monoisotopic (exact) mass is 300 g/mol. The Morgan fingerprint density at radius 1 is 1.21 bits per heavy atom. The second-order valence-corrected chi connectivity index (χ2v) is 4.20. The molecule has 0 N–H and O–H groups in total. The fourth-order valence-corrected chi connectivity index (χ4v) is 1.74. The van der Waals surface area contributed by atoms with E-state index in [1.807, 2.05) is 12.1 Å². The van der Waals surface area contributed by atoms with E-state index in [9.17, 15) is 0 Å². The molecule has 3 nitrogen and oxygen atoms in total.